The average molecular weight is 320 g/mol. The molecule has 2 rings (SSSR count). The molecule has 1 aromatic rings. The number of rotatable bonds is 6. The van der Waals surface area contributed by atoms with E-state index < -0.39 is 10.9 Å². The molecule has 0 aromatic heterocycles. The first-order chi connectivity index (χ1) is 11.1. The summed E-state index contributed by atoms with van der Waals surface area (Å²) in [4.78, 5) is 24.4. The molecule has 1 heterocycles. The molecule has 1 atom stereocenters. The van der Waals surface area contributed by atoms with Crippen molar-refractivity contribution in [2.24, 2.45) is 0 Å². The van der Waals surface area contributed by atoms with Gasteiger partial charge in [-0.3, -0.25) is 10.1 Å². The van der Waals surface area contributed by atoms with Crippen LogP contribution >= 0.6 is 0 Å². The Labute approximate surface area is 136 Å². The molecule has 6 nitrogen and oxygen atoms in total. The maximum absolute atomic E-state index is 11.9. The molecule has 1 saturated heterocycles. The molecule has 0 aliphatic carbocycles. The molecule has 1 aliphatic heterocycles. The summed E-state index contributed by atoms with van der Waals surface area (Å²) in [5, 5.41) is 10.6. The van der Waals surface area contributed by atoms with Crippen LogP contribution in [0.2, 0.25) is 0 Å². The zero-order chi connectivity index (χ0) is 16.7. The van der Waals surface area contributed by atoms with Crippen LogP contribution in [0.4, 0.5) is 5.69 Å². The average Bonchev–Trinajstić information content (AvgIpc) is 2.76. The Morgan fingerprint density at radius 2 is 2.04 bits per heavy atom. The van der Waals surface area contributed by atoms with E-state index in [1.54, 1.807) is 0 Å². The van der Waals surface area contributed by atoms with Gasteiger partial charge in [-0.1, -0.05) is 12.8 Å². The number of non-ortho nitro benzene ring substituents is 1. The fourth-order valence-corrected chi connectivity index (χ4v) is 2.90. The molecule has 0 saturated carbocycles. The highest BCUT2D eigenvalue weighted by Crippen LogP contribution is 2.16. The highest BCUT2D eigenvalue weighted by atomic mass is 16.6. The second kappa shape index (κ2) is 8.62. The van der Waals surface area contributed by atoms with Gasteiger partial charge < -0.3 is 9.64 Å². The van der Waals surface area contributed by atoms with Crippen molar-refractivity contribution >= 4 is 11.7 Å². The number of nitrogens with zero attached hydrogens (tertiary/aromatic N) is 2. The van der Waals surface area contributed by atoms with Crippen LogP contribution in [0.25, 0.3) is 0 Å². The van der Waals surface area contributed by atoms with Crippen molar-refractivity contribution in [3.8, 4) is 0 Å². The molecule has 1 fully saturated rings. The summed E-state index contributed by atoms with van der Waals surface area (Å²) in [6.07, 6.45) is 5.89. The van der Waals surface area contributed by atoms with Crippen LogP contribution in [0.1, 0.15) is 49.4 Å². The molecule has 0 N–H and O–H groups in total. The first kappa shape index (κ1) is 17.4. The smallest absolute Gasteiger partial charge is 0.338 e. The van der Waals surface area contributed by atoms with Gasteiger partial charge in [-0.25, -0.2) is 4.79 Å². The van der Waals surface area contributed by atoms with Crippen molar-refractivity contribution in [3.63, 3.8) is 0 Å². The minimum atomic E-state index is -0.489. The molecule has 0 radical (unpaired) electrons. The molecule has 1 unspecified atom stereocenters. The van der Waals surface area contributed by atoms with Gasteiger partial charge in [0.2, 0.25) is 0 Å². The third kappa shape index (κ3) is 5.32. The standard InChI is InChI=1S/C17H24N2O4/c1-14-6-3-2-4-11-18(14)12-5-13-23-17(20)15-7-9-16(10-8-15)19(21)22/h7-10,14H,2-6,11-13H2,1H3. The van der Waals surface area contributed by atoms with Gasteiger partial charge in [-0.2, -0.15) is 0 Å². The molecular formula is C17H24N2O4. The summed E-state index contributed by atoms with van der Waals surface area (Å²) in [5.41, 5.74) is 0.315. The molecule has 0 spiro atoms. The predicted octanol–water partition coefficient (Wildman–Crippen LogP) is 3.41. The van der Waals surface area contributed by atoms with Crippen LogP contribution in [0.5, 0.6) is 0 Å². The number of nitro benzene ring substituents is 1. The fraction of sp³-hybridized carbons (Fsp3) is 0.588. The normalized spacial score (nSPS) is 19.1. The topological polar surface area (TPSA) is 72.7 Å². The summed E-state index contributed by atoms with van der Waals surface area (Å²) in [5.74, 6) is -0.427. The van der Waals surface area contributed by atoms with E-state index in [1.165, 1.54) is 49.9 Å². The molecule has 1 aliphatic rings. The van der Waals surface area contributed by atoms with Crippen molar-refractivity contribution in [1.82, 2.24) is 4.90 Å². The van der Waals surface area contributed by atoms with E-state index >= 15 is 0 Å². The van der Waals surface area contributed by atoms with E-state index in [0.717, 1.165) is 19.5 Å². The van der Waals surface area contributed by atoms with Gasteiger partial charge in [0.1, 0.15) is 0 Å². The number of hydrogen-bond acceptors (Lipinski definition) is 5. The third-order valence-electron chi connectivity index (χ3n) is 4.33. The highest BCUT2D eigenvalue weighted by molar-refractivity contribution is 5.89. The minimum absolute atomic E-state index is 0.0308. The van der Waals surface area contributed by atoms with Gasteiger partial charge in [0.25, 0.3) is 5.69 Å². The van der Waals surface area contributed by atoms with Crippen molar-refractivity contribution in [1.29, 1.82) is 0 Å². The molecule has 126 valence electrons. The monoisotopic (exact) mass is 320 g/mol. The van der Waals surface area contributed by atoms with Gasteiger partial charge in [0.15, 0.2) is 0 Å². The van der Waals surface area contributed by atoms with E-state index in [1.807, 2.05) is 0 Å². The van der Waals surface area contributed by atoms with Crippen LogP contribution in [0, 0.1) is 10.1 Å². The Morgan fingerprint density at radius 1 is 1.30 bits per heavy atom. The lowest BCUT2D eigenvalue weighted by atomic mass is 10.1. The van der Waals surface area contributed by atoms with E-state index in [0.29, 0.717) is 18.2 Å². The number of likely N-dealkylation sites (tertiary alicyclic amines) is 1. The SMILES string of the molecule is CC1CCCCCN1CCCOC(=O)c1ccc([N+](=O)[O-])cc1. The Hall–Kier alpha value is -1.95. The summed E-state index contributed by atoms with van der Waals surface area (Å²) in [6.45, 7) is 4.69. The number of esters is 1. The Morgan fingerprint density at radius 3 is 2.74 bits per heavy atom. The van der Waals surface area contributed by atoms with E-state index in [-0.39, 0.29) is 5.69 Å². The zero-order valence-corrected chi connectivity index (χ0v) is 13.6. The number of nitro groups is 1. The Balaban J connectivity index is 1.73. The summed E-state index contributed by atoms with van der Waals surface area (Å²) in [7, 11) is 0. The Bertz CT molecular complexity index is 530. The van der Waals surface area contributed by atoms with Gasteiger partial charge in [0.05, 0.1) is 17.1 Å². The van der Waals surface area contributed by atoms with Crippen LogP contribution in [-0.4, -0.2) is 41.5 Å². The highest BCUT2D eigenvalue weighted by Gasteiger charge is 2.16. The van der Waals surface area contributed by atoms with Crippen LogP contribution in [-0.2, 0) is 4.74 Å². The lowest BCUT2D eigenvalue weighted by molar-refractivity contribution is -0.384. The lowest BCUT2D eigenvalue weighted by Crippen LogP contribution is -2.34. The zero-order valence-electron chi connectivity index (χ0n) is 13.6. The van der Waals surface area contributed by atoms with Crippen LogP contribution in [0.15, 0.2) is 24.3 Å². The molecule has 0 amide bonds. The van der Waals surface area contributed by atoms with Gasteiger partial charge in [-0.05, 0) is 44.9 Å². The number of carbonyl (C=O) groups is 1. The first-order valence-electron chi connectivity index (χ1n) is 8.23. The summed E-state index contributed by atoms with van der Waals surface area (Å²) < 4.78 is 5.25. The van der Waals surface area contributed by atoms with Crippen molar-refractivity contribution in [3.05, 3.63) is 39.9 Å². The molecule has 6 heteroatoms. The lowest BCUT2D eigenvalue weighted by Gasteiger charge is -2.26. The molecule has 23 heavy (non-hydrogen) atoms. The first-order valence-corrected chi connectivity index (χ1v) is 8.23. The van der Waals surface area contributed by atoms with Crippen LogP contribution in [0.3, 0.4) is 0 Å². The van der Waals surface area contributed by atoms with Crippen LogP contribution < -0.4 is 0 Å². The molecule has 1 aromatic carbocycles. The number of ether oxygens (including phenoxy) is 1. The second-order valence-corrected chi connectivity index (χ2v) is 6.03. The Kier molecular flexibility index (Phi) is 6.52. The number of carbonyl (C=O) groups excluding carboxylic acids is 1. The quantitative estimate of drug-likeness (QED) is 0.347. The minimum Gasteiger partial charge on any atom is -0.462 e. The van der Waals surface area contributed by atoms with Gasteiger partial charge in [-0.15, -0.1) is 0 Å². The van der Waals surface area contributed by atoms with E-state index in [4.69, 9.17) is 4.74 Å². The summed E-state index contributed by atoms with van der Waals surface area (Å²) >= 11 is 0. The second-order valence-electron chi connectivity index (χ2n) is 6.03. The van der Waals surface area contributed by atoms with Crippen molar-refractivity contribution in [2.45, 2.75) is 45.1 Å². The fourth-order valence-electron chi connectivity index (χ4n) is 2.90. The van der Waals surface area contributed by atoms with Crippen molar-refractivity contribution < 1.29 is 14.5 Å². The van der Waals surface area contributed by atoms with E-state index in [9.17, 15) is 14.9 Å². The third-order valence-corrected chi connectivity index (χ3v) is 4.33. The van der Waals surface area contributed by atoms with Gasteiger partial charge >= 0.3 is 5.97 Å². The van der Waals surface area contributed by atoms with Crippen molar-refractivity contribution in [2.75, 3.05) is 19.7 Å². The predicted molar refractivity (Wildman–Crippen MR) is 87.5 cm³/mol. The number of benzene rings is 1. The number of hydrogen-bond donors (Lipinski definition) is 0. The molecular weight excluding hydrogens is 296 g/mol. The van der Waals surface area contributed by atoms with Gasteiger partial charge in [0, 0.05) is 24.7 Å². The maximum Gasteiger partial charge on any atom is 0.338 e. The maximum atomic E-state index is 11.9. The molecule has 0 bridgehead atoms. The van der Waals surface area contributed by atoms with E-state index in [2.05, 4.69) is 11.8 Å². The largest absolute Gasteiger partial charge is 0.462 e. The summed E-state index contributed by atoms with van der Waals surface area (Å²) in [6, 6.07) is 6.09.